The predicted molar refractivity (Wildman–Crippen MR) is 118 cm³/mol. The molecule has 0 unspecified atom stereocenters. The summed E-state index contributed by atoms with van der Waals surface area (Å²) in [4.78, 5) is 4.14. The van der Waals surface area contributed by atoms with Crippen molar-refractivity contribution in [2.75, 3.05) is 19.8 Å². The summed E-state index contributed by atoms with van der Waals surface area (Å²) in [6.45, 7) is 4.76. The van der Waals surface area contributed by atoms with E-state index in [0.717, 1.165) is 22.4 Å². The fourth-order valence-corrected chi connectivity index (χ4v) is 3.48. The van der Waals surface area contributed by atoms with Gasteiger partial charge < -0.3 is 24.3 Å². The molecule has 0 radical (unpaired) electrons. The van der Waals surface area contributed by atoms with Crippen LogP contribution in [0.25, 0.3) is 11.1 Å². The van der Waals surface area contributed by atoms with Gasteiger partial charge in [-0.2, -0.15) is 0 Å². The maximum Gasteiger partial charge on any atom is 0.152 e. The van der Waals surface area contributed by atoms with Crippen molar-refractivity contribution in [1.82, 2.24) is 9.55 Å². The second-order valence-corrected chi connectivity index (χ2v) is 7.98. The van der Waals surface area contributed by atoms with Crippen molar-refractivity contribution < 1.29 is 19.7 Å². The molecule has 2 aromatic carbocycles. The standard InChI is InChI=1S/C25H26N2O4/c1-18(29)24-26-13-14-27(24)22(15-28)10-5-19-3-6-20(7-4-19)21-8-11-23(12-9-21)31-25(2)16-30-17-25/h3-4,6-9,11-14,18,22,28-29H,15-17H2,1-2H3/t18-,22-/m0/s1. The molecule has 2 N–H and O–H groups in total. The molecular weight excluding hydrogens is 392 g/mol. The van der Waals surface area contributed by atoms with E-state index in [9.17, 15) is 10.2 Å². The van der Waals surface area contributed by atoms with Gasteiger partial charge in [-0.15, -0.1) is 0 Å². The molecule has 0 saturated carbocycles. The lowest BCUT2D eigenvalue weighted by atomic mass is 10.0. The Morgan fingerprint density at radius 1 is 1.13 bits per heavy atom. The van der Waals surface area contributed by atoms with Crippen LogP contribution in [0, 0.1) is 11.8 Å². The summed E-state index contributed by atoms with van der Waals surface area (Å²) < 4.78 is 12.9. The SMILES string of the molecule is C[C@H](O)c1nccn1[C@@H](C#Cc1ccc(-c2ccc(OC3(C)COC3)cc2)cc1)CO. The van der Waals surface area contributed by atoms with Gasteiger partial charge in [-0.05, 0) is 49.2 Å². The summed E-state index contributed by atoms with van der Waals surface area (Å²) in [5.41, 5.74) is 2.80. The van der Waals surface area contributed by atoms with Crippen molar-refractivity contribution in [2.45, 2.75) is 31.6 Å². The fourth-order valence-electron chi connectivity index (χ4n) is 3.48. The monoisotopic (exact) mass is 418 g/mol. The average molecular weight is 418 g/mol. The topological polar surface area (TPSA) is 76.7 Å². The smallest absolute Gasteiger partial charge is 0.152 e. The molecule has 1 aromatic heterocycles. The second kappa shape index (κ2) is 8.94. The highest BCUT2D eigenvalue weighted by Crippen LogP contribution is 2.28. The summed E-state index contributed by atoms with van der Waals surface area (Å²) >= 11 is 0. The zero-order chi connectivity index (χ0) is 21.8. The number of imidazole rings is 1. The van der Waals surface area contributed by atoms with Crippen LogP contribution in [0.3, 0.4) is 0 Å². The first-order chi connectivity index (χ1) is 15.0. The number of hydrogen-bond acceptors (Lipinski definition) is 5. The maximum absolute atomic E-state index is 9.82. The molecule has 1 aliphatic heterocycles. The Labute approximate surface area is 182 Å². The van der Waals surface area contributed by atoms with E-state index < -0.39 is 12.1 Å². The second-order valence-electron chi connectivity index (χ2n) is 7.98. The maximum atomic E-state index is 9.82. The third-order valence-electron chi connectivity index (χ3n) is 5.22. The van der Waals surface area contributed by atoms with Gasteiger partial charge in [0.15, 0.2) is 5.60 Å². The van der Waals surface area contributed by atoms with Gasteiger partial charge in [0.05, 0.1) is 19.8 Å². The summed E-state index contributed by atoms with van der Waals surface area (Å²) in [6, 6.07) is 15.5. The van der Waals surface area contributed by atoms with Crippen molar-refractivity contribution in [3.63, 3.8) is 0 Å². The minimum Gasteiger partial charge on any atom is -0.483 e. The molecule has 4 rings (SSSR count). The highest BCUT2D eigenvalue weighted by molar-refractivity contribution is 5.65. The lowest BCUT2D eigenvalue weighted by molar-refractivity contribution is -0.149. The van der Waals surface area contributed by atoms with Gasteiger partial charge >= 0.3 is 0 Å². The van der Waals surface area contributed by atoms with Gasteiger partial charge in [-0.25, -0.2) is 4.98 Å². The molecule has 0 aliphatic carbocycles. The quantitative estimate of drug-likeness (QED) is 0.601. The number of rotatable bonds is 6. The van der Waals surface area contributed by atoms with Crippen molar-refractivity contribution in [1.29, 1.82) is 0 Å². The van der Waals surface area contributed by atoms with E-state index in [0.29, 0.717) is 19.0 Å². The number of aromatic nitrogens is 2. The molecule has 0 bridgehead atoms. The van der Waals surface area contributed by atoms with Gasteiger partial charge in [-0.3, -0.25) is 0 Å². The highest BCUT2D eigenvalue weighted by atomic mass is 16.6. The van der Waals surface area contributed by atoms with E-state index in [1.807, 2.05) is 55.5 Å². The Morgan fingerprint density at radius 2 is 1.77 bits per heavy atom. The van der Waals surface area contributed by atoms with Crippen LogP contribution < -0.4 is 4.74 Å². The number of aliphatic hydroxyl groups is 2. The van der Waals surface area contributed by atoms with E-state index in [1.165, 1.54) is 0 Å². The zero-order valence-corrected chi connectivity index (χ0v) is 17.7. The van der Waals surface area contributed by atoms with Crippen molar-refractivity contribution >= 4 is 0 Å². The average Bonchev–Trinajstić information content (AvgIpc) is 3.24. The Morgan fingerprint density at radius 3 is 2.32 bits per heavy atom. The zero-order valence-electron chi connectivity index (χ0n) is 17.7. The molecule has 0 amide bonds. The van der Waals surface area contributed by atoms with E-state index >= 15 is 0 Å². The third kappa shape index (κ3) is 4.80. The minimum atomic E-state index is -0.730. The highest BCUT2D eigenvalue weighted by Gasteiger charge is 2.35. The molecule has 31 heavy (non-hydrogen) atoms. The van der Waals surface area contributed by atoms with Crippen LogP contribution >= 0.6 is 0 Å². The lowest BCUT2D eigenvalue weighted by Crippen LogP contribution is -2.51. The number of hydrogen-bond donors (Lipinski definition) is 2. The summed E-state index contributed by atoms with van der Waals surface area (Å²) in [7, 11) is 0. The molecule has 2 heterocycles. The molecule has 6 nitrogen and oxygen atoms in total. The largest absolute Gasteiger partial charge is 0.483 e. The normalized spacial score (nSPS) is 16.5. The van der Waals surface area contributed by atoms with Crippen LogP contribution in [-0.4, -0.2) is 45.2 Å². The lowest BCUT2D eigenvalue weighted by Gasteiger charge is -2.38. The van der Waals surface area contributed by atoms with Crippen molar-refractivity contribution in [3.8, 4) is 28.7 Å². The number of benzene rings is 2. The summed E-state index contributed by atoms with van der Waals surface area (Å²) in [5.74, 6) is 7.49. The van der Waals surface area contributed by atoms with E-state index in [-0.39, 0.29) is 12.2 Å². The first-order valence-electron chi connectivity index (χ1n) is 10.3. The third-order valence-corrected chi connectivity index (χ3v) is 5.22. The van der Waals surface area contributed by atoms with Crippen molar-refractivity contribution in [2.24, 2.45) is 0 Å². The van der Waals surface area contributed by atoms with E-state index in [4.69, 9.17) is 9.47 Å². The molecule has 1 fully saturated rings. The first kappa shape index (κ1) is 21.1. The molecule has 6 heteroatoms. The van der Waals surface area contributed by atoms with Gasteiger partial charge in [0.1, 0.15) is 23.7 Å². The Hall–Kier alpha value is -3.11. The molecule has 0 spiro atoms. The fraction of sp³-hybridized carbons (Fsp3) is 0.320. The van der Waals surface area contributed by atoms with Crippen LogP contribution in [0.15, 0.2) is 60.9 Å². The van der Waals surface area contributed by atoms with Crippen LogP contribution in [0.5, 0.6) is 5.75 Å². The molecule has 1 aliphatic rings. The number of nitrogens with zero attached hydrogens (tertiary/aromatic N) is 2. The van der Waals surface area contributed by atoms with Gasteiger partial charge in [-0.1, -0.05) is 36.1 Å². The van der Waals surface area contributed by atoms with Crippen LogP contribution in [0.2, 0.25) is 0 Å². The molecule has 2 atom stereocenters. The van der Waals surface area contributed by atoms with Gasteiger partial charge in [0.2, 0.25) is 0 Å². The number of ether oxygens (including phenoxy) is 2. The van der Waals surface area contributed by atoms with Gasteiger partial charge in [0.25, 0.3) is 0 Å². The Kier molecular flexibility index (Phi) is 6.10. The van der Waals surface area contributed by atoms with Crippen LogP contribution in [0.1, 0.15) is 37.4 Å². The van der Waals surface area contributed by atoms with E-state index in [2.05, 4.69) is 16.8 Å². The number of aliphatic hydroxyl groups excluding tert-OH is 2. The predicted octanol–water partition coefficient (Wildman–Crippen LogP) is 3.36. The van der Waals surface area contributed by atoms with Crippen LogP contribution in [-0.2, 0) is 4.74 Å². The summed E-state index contributed by atoms with van der Waals surface area (Å²) in [5, 5.41) is 19.6. The summed E-state index contributed by atoms with van der Waals surface area (Å²) in [6.07, 6.45) is 2.58. The first-order valence-corrected chi connectivity index (χ1v) is 10.3. The van der Waals surface area contributed by atoms with Crippen LogP contribution in [0.4, 0.5) is 0 Å². The molecule has 160 valence electrons. The van der Waals surface area contributed by atoms with E-state index in [1.54, 1.807) is 23.9 Å². The Balaban J connectivity index is 1.45. The Bertz CT molecular complexity index is 1070. The molecule has 1 saturated heterocycles. The molecule has 3 aromatic rings. The molecular formula is C25H26N2O4. The van der Waals surface area contributed by atoms with Gasteiger partial charge in [0, 0.05) is 18.0 Å². The minimum absolute atomic E-state index is 0.166. The van der Waals surface area contributed by atoms with Crippen molar-refractivity contribution in [3.05, 3.63) is 72.3 Å².